The first-order valence-electron chi connectivity index (χ1n) is 8.92. The lowest BCUT2D eigenvalue weighted by Gasteiger charge is -2.19. The molecule has 4 rings (SSSR count). The highest BCUT2D eigenvalue weighted by atomic mass is 15.0. The van der Waals surface area contributed by atoms with Crippen LogP contribution < -0.4 is 0 Å². The number of hydrogen-bond acceptors (Lipinski definition) is 2. The fraction of sp³-hybridized carbons (Fsp3) is 0.167. The first-order chi connectivity index (χ1) is 12.9. The topological polar surface area (TPSA) is 52.5 Å². The molecule has 0 fully saturated rings. The summed E-state index contributed by atoms with van der Waals surface area (Å²) < 4.78 is 2.18. The van der Waals surface area contributed by atoms with E-state index < -0.39 is 0 Å². The van der Waals surface area contributed by atoms with Gasteiger partial charge in [-0.3, -0.25) is 0 Å². The van der Waals surface area contributed by atoms with E-state index >= 15 is 0 Å². The van der Waals surface area contributed by atoms with Crippen molar-refractivity contribution in [1.82, 2.24) is 4.57 Å². The van der Waals surface area contributed by atoms with Crippen molar-refractivity contribution < 1.29 is 0 Å². The van der Waals surface area contributed by atoms with Gasteiger partial charge in [0.05, 0.1) is 34.3 Å². The van der Waals surface area contributed by atoms with Crippen LogP contribution in [0.5, 0.6) is 0 Å². The summed E-state index contributed by atoms with van der Waals surface area (Å²) in [4.78, 5) is 0. The van der Waals surface area contributed by atoms with Gasteiger partial charge in [0.2, 0.25) is 0 Å². The molecule has 0 bridgehead atoms. The molecule has 0 saturated heterocycles. The summed E-state index contributed by atoms with van der Waals surface area (Å²) in [5.41, 5.74) is 5.65. The van der Waals surface area contributed by atoms with Crippen LogP contribution in [-0.2, 0) is 5.41 Å². The van der Waals surface area contributed by atoms with E-state index in [9.17, 15) is 5.26 Å². The van der Waals surface area contributed by atoms with Gasteiger partial charge in [0.25, 0.3) is 0 Å². The Morgan fingerprint density at radius 1 is 0.704 bits per heavy atom. The normalized spacial score (nSPS) is 11.4. The standard InChI is InChI=1S/C24H19N3/c1-24(2,3)18-7-11-21-20-10-6-17(15-26)12-22(20)27(23(21)13-18)19-8-4-16(14-25)5-9-19/h4-13H,1-3H3. The Balaban J connectivity index is 2.13. The first-order valence-corrected chi connectivity index (χ1v) is 8.92. The van der Waals surface area contributed by atoms with Crippen molar-refractivity contribution >= 4 is 21.8 Å². The first kappa shape index (κ1) is 16.9. The summed E-state index contributed by atoms with van der Waals surface area (Å²) in [7, 11) is 0. The molecule has 0 unspecified atom stereocenters. The molecule has 3 nitrogen and oxygen atoms in total. The van der Waals surface area contributed by atoms with Crippen molar-refractivity contribution in [3.05, 3.63) is 77.4 Å². The molecule has 0 aliphatic heterocycles. The van der Waals surface area contributed by atoms with E-state index in [2.05, 4.69) is 55.7 Å². The minimum atomic E-state index is 0.0396. The third-order valence-electron chi connectivity index (χ3n) is 5.02. The zero-order valence-electron chi connectivity index (χ0n) is 15.6. The molecule has 130 valence electrons. The van der Waals surface area contributed by atoms with Gasteiger partial charge in [-0.25, -0.2) is 0 Å². The molecule has 1 aromatic heterocycles. The van der Waals surface area contributed by atoms with Crippen LogP contribution in [0.4, 0.5) is 0 Å². The number of nitrogens with zero attached hydrogens (tertiary/aromatic N) is 3. The summed E-state index contributed by atoms with van der Waals surface area (Å²) in [5.74, 6) is 0. The van der Waals surface area contributed by atoms with Crippen molar-refractivity contribution in [2.75, 3.05) is 0 Å². The molecule has 0 spiro atoms. The average molecular weight is 349 g/mol. The van der Waals surface area contributed by atoms with Crippen molar-refractivity contribution in [1.29, 1.82) is 10.5 Å². The Morgan fingerprint density at radius 3 is 1.85 bits per heavy atom. The number of aromatic nitrogens is 1. The van der Waals surface area contributed by atoms with E-state index in [1.165, 1.54) is 5.56 Å². The van der Waals surface area contributed by atoms with Crippen molar-refractivity contribution in [3.63, 3.8) is 0 Å². The van der Waals surface area contributed by atoms with Gasteiger partial charge in [0, 0.05) is 16.5 Å². The van der Waals surface area contributed by atoms with E-state index in [0.717, 1.165) is 27.5 Å². The molecular weight excluding hydrogens is 330 g/mol. The Bertz CT molecular complexity index is 1250. The Kier molecular flexibility index (Phi) is 3.76. The Hall–Kier alpha value is -3.56. The van der Waals surface area contributed by atoms with Crippen LogP contribution in [0.25, 0.3) is 27.5 Å². The lowest BCUT2D eigenvalue weighted by atomic mass is 9.86. The smallest absolute Gasteiger partial charge is 0.0992 e. The van der Waals surface area contributed by atoms with Gasteiger partial charge in [0.15, 0.2) is 0 Å². The largest absolute Gasteiger partial charge is 0.309 e. The van der Waals surface area contributed by atoms with Gasteiger partial charge < -0.3 is 4.57 Å². The summed E-state index contributed by atoms with van der Waals surface area (Å²) >= 11 is 0. The second kappa shape index (κ2) is 6.01. The summed E-state index contributed by atoms with van der Waals surface area (Å²) in [6.45, 7) is 6.62. The minimum absolute atomic E-state index is 0.0396. The summed E-state index contributed by atoms with van der Waals surface area (Å²) in [5, 5.41) is 20.7. The van der Waals surface area contributed by atoms with Crippen LogP contribution in [0.2, 0.25) is 0 Å². The SMILES string of the molecule is CC(C)(C)c1ccc2c3ccc(C#N)cc3n(-c3ccc(C#N)cc3)c2c1. The Morgan fingerprint density at radius 2 is 1.26 bits per heavy atom. The molecule has 0 aliphatic rings. The molecule has 3 heteroatoms. The average Bonchev–Trinajstić information content (AvgIpc) is 3.00. The van der Waals surface area contributed by atoms with Gasteiger partial charge >= 0.3 is 0 Å². The maximum Gasteiger partial charge on any atom is 0.0992 e. The van der Waals surface area contributed by atoms with Gasteiger partial charge in [-0.05, 0) is 53.4 Å². The highest BCUT2D eigenvalue weighted by Crippen LogP contribution is 2.35. The van der Waals surface area contributed by atoms with E-state index in [1.807, 2.05) is 42.5 Å². The van der Waals surface area contributed by atoms with Gasteiger partial charge in [-0.1, -0.05) is 39.0 Å². The van der Waals surface area contributed by atoms with Crippen LogP contribution in [0.1, 0.15) is 37.5 Å². The minimum Gasteiger partial charge on any atom is -0.309 e. The third kappa shape index (κ3) is 2.75. The molecule has 0 N–H and O–H groups in total. The second-order valence-corrected chi connectivity index (χ2v) is 7.82. The van der Waals surface area contributed by atoms with E-state index in [0.29, 0.717) is 11.1 Å². The number of nitriles is 2. The molecule has 0 atom stereocenters. The van der Waals surface area contributed by atoms with Gasteiger partial charge in [0.1, 0.15) is 0 Å². The fourth-order valence-corrected chi connectivity index (χ4v) is 3.52. The summed E-state index contributed by atoms with van der Waals surface area (Å²) in [6, 6.07) is 24.4. The molecule has 4 aromatic rings. The highest BCUT2D eigenvalue weighted by molar-refractivity contribution is 6.09. The number of benzene rings is 3. The maximum atomic E-state index is 9.36. The van der Waals surface area contributed by atoms with E-state index in [-0.39, 0.29) is 5.41 Å². The predicted molar refractivity (Wildman–Crippen MR) is 109 cm³/mol. The monoisotopic (exact) mass is 349 g/mol. The zero-order chi connectivity index (χ0) is 19.2. The quantitative estimate of drug-likeness (QED) is 0.434. The van der Waals surface area contributed by atoms with Crippen molar-refractivity contribution in [3.8, 4) is 17.8 Å². The third-order valence-corrected chi connectivity index (χ3v) is 5.02. The van der Waals surface area contributed by atoms with E-state index in [4.69, 9.17) is 5.26 Å². The molecular formula is C24H19N3. The lowest BCUT2D eigenvalue weighted by Crippen LogP contribution is -2.10. The molecule has 27 heavy (non-hydrogen) atoms. The molecule has 0 saturated carbocycles. The van der Waals surface area contributed by atoms with Crippen LogP contribution in [-0.4, -0.2) is 4.57 Å². The molecule has 0 radical (unpaired) electrons. The second-order valence-electron chi connectivity index (χ2n) is 7.82. The molecule has 3 aromatic carbocycles. The molecule has 1 heterocycles. The number of rotatable bonds is 1. The van der Waals surface area contributed by atoms with Crippen LogP contribution in [0, 0.1) is 22.7 Å². The fourth-order valence-electron chi connectivity index (χ4n) is 3.52. The van der Waals surface area contributed by atoms with Crippen LogP contribution in [0.15, 0.2) is 60.7 Å². The number of fused-ring (bicyclic) bond motifs is 3. The van der Waals surface area contributed by atoms with Crippen molar-refractivity contribution in [2.45, 2.75) is 26.2 Å². The number of hydrogen-bond donors (Lipinski definition) is 0. The highest BCUT2D eigenvalue weighted by Gasteiger charge is 2.18. The van der Waals surface area contributed by atoms with E-state index in [1.54, 1.807) is 0 Å². The molecule has 0 aliphatic carbocycles. The lowest BCUT2D eigenvalue weighted by molar-refractivity contribution is 0.591. The van der Waals surface area contributed by atoms with Gasteiger partial charge in [-0.2, -0.15) is 10.5 Å². The van der Waals surface area contributed by atoms with Crippen molar-refractivity contribution in [2.24, 2.45) is 0 Å². The maximum absolute atomic E-state index is 9.36. The zero-order valence-corrected chi connectivity index (χ0v) is 15.6. The molecule has 0 amide bonds. The van der Waals surface area contributed by atoms with Crippen LogP contribution >= 0.6 is 0 Å². The van der Waals surface area contributed by atoms with Crippen LogP contribution in [0.3, 0.4) is 0 Å². The summed E-state index contributed by atoms with van der Waals surface area (Å²) in [6.07, 6.45) is 0. The Labute approximate surface area is 158 Å². The van der Waals surface area contributed by atoms with Gasteiger partial charge in [-0.15, -0.1) is 0 Å². The predicted octanol–water partition coefficient (Wildman–Crippen LogP) is 5.82.